The van der Waals surface area contributed by atoms with Crippen LogP contribution in [0.4, 0.5) is 23.7 Å². The Kier molecular flexibility index (Phi) is 4.78. The van der Waals surface area contributed by atoms with Crippen molar-refractivity contribution in [3.63, 3.8) is 0 Å². The van der Waals surface area contributed by atoms with Crippen molar-refractivity contribution < 1.29 is 41.8 Å². The fraction of sp³-hybridized carbons (Fsp3) is 0.524. The highest BCUT2D eigenvalue weighted by Crippen LogP contribution is 2.61. The van der Waals surface area contributed by atoms with Gasteiger partial charge in [0.2, 0.25) is 11.8 Å². The van der Waals surface area contributed by atoms with Crippen LogP contribution in [-0.2, 0) is 30.0 Å². The molecule has 3 aliphatic heterocycles. The van der Waals surface area contributed by atoms with Crippen molar-refractivity contribution in [2.45, 2.75) is 50.7 Å². The molecule has 4 rings (SSSR count). The molecule has 11 heteroatoms. The van der Waals surface area contributed by atoms with Crippen LogP contribution in [0.1, 0.15) is 38.3 Å². The SMILES string of the molecule is CCOC(=O)O[C@H]1CC2(C)OC1(C)C1C(=O)N(c3ccc(C#N)c(C(F)(F)F)c3)C(=O)[C@@H]12. The third-order valence-corrected chi connectivity index (χ3v) is 6.45. The minimum atomic E-state index is -4.85. The molecule has 0 N–H and O–H groups in total. The minimum Gasteiger partial charge on any atom is -0.435 e. The van der Waals surface area contributed by atoms with E-state index in [1.807, 2.05) is 0 Å². The molecule has 0 aromatic heterocycles. The van der Waals surface area contributed by atoms with Gasteiger partial charge < -0.3 is 14.2 Å². The average molecular weight is 452 g/mol. The van der Waals surface area contributed by atoms with Crippen LogP contribution >= 0.6 is 0 Å². The molecule has 5 atom stereocenters. The molecule has 8 nitrogen and oxygen atoms in total. The van der Waals surface area contributed by atoms with Crippen molar-refractivity contribution in [2.75, 3.05) is 11.5 Å². The number of hydrogen-bond acceptors (Lipinski definition) is 7. The van der Waals surface area contributed by atoms with Gasteiger partial charge in [-0.1, -0.05) is 0 Å². The third-order valence-electron chi connectivity index (χ3n) is 6.45. The van der Waals surface area contributed by atoms with Crippen molar-refractivity contribution in [1.82, 2.24) is 0 Å². The predicted molar refractivity (Wildman–Crippen MR) is 100 cm³/mol. The largest absolute Gasteiger partial charge is 0.508 e. The van der Waals surface area contributed by atoms with Gasteiger partial charge in [-0.2, -0.15) is 18.4 Å². The lowest BCUT2D eigenvalue weighted by Gasteiger charge is -2.34. The molecule has 2 bridgehead atoms. The Hall–Kier alpha value is -3.13. The molecule has 32 heavy (non-hydrogen) atoms. The number of amides is 2. The number of nitrogens with zero attached hydrogens (tertiary/aromatic N) is 2. The summed E-state index contributed by atoms with van der Waals surface area (Å²) in [7, 11) is 0. The zero-order valence-corrected chi connectivity index (χ0v) is 17.4. The summed E-state index contributed by atoms with van der Waals surface area (Å²) in [6.07, 6.45) is -6.54. The summed E-state index contributed by atoms with van der Waals surface area (Å²) >= 11 is 0. The van der Waals surface area contributed by atoms with Crippen LogP contribution < -0.4 is 4.90 Å². The second-order valence-electron chi connectivity index (χ2n) is 8.40. The van der Waals surface area contributed by atoms with Gasteiger partial charge in [-0.3, -0.25) is 9.59 Å². The summed E-state index contributed by atoms with van der Waals surface area (Å²) in [4.78, 5) is 39.1. The number of carbonyl (C=O) groups excluding carboxylic acids is 3. The van der Waals surface area contributed by atoms with Gasteiger partial charge in [-0.05, 0) is 39.0 Å². The van der Waals surface area contributed by atoms with E-state index < -0.39 is 64.4 Å². The molecule has 0 saturated carbocycles. The van der Waals surface area contributed by atoms with Crippen LogP contribution in [0.15, 0.2) is 18.2 Å². The predicted octanol–water partition coefficient (Wildman–Crippen LogP) is 3.18. The normalized spacial score (nSPS) is 33.3. The summed E-state index contributed by atoms with van der Waals surface area (Å²) < 4.78 is 56.3. The first kappa shape index (κ1) is 22.1. The van der Waals surface area contributed by atoms with Crippen LogP contribution in [0.3, 0.4) is 0 Å². The number of halogens is 3. The van der Waals surface area contributed by atoms with Gasteiger partial charge in [-0.15, -0.1) is 0 Å². The van der Waals surface area contributed by atoms with Gasteiger partial charge in [0.05, 0.1) is 46.9 Å². The van der Waals surface area contributed by atoms with Gasteiger partial charge in [0.1, 0.15) is 11.7 Å². The number of nitriles is 1. The number of alkyl halides is 3. The Morgan fingerprint density at radius 1 is 1.28 bits per heavy atom. The molecular weight excluding hydrogens is 433 g/mol. The Balaban J connectivity index is 1.72. The van der Waals surface area contributed by atoms with Crippen LogP contribution in [0.25, 0.3) is 0 Å². The summed E-state index contributed by atoms with van der Waals surface area (Å²) in [6.45, 7) is 4.83. The van der Waals surface area contributed by atoms with Gasteiger partial charge in [0.25, 0.3) is 0 Å². The number of rotatable bonds is 3. The number of ether oxygens (including phenoxy) is 3. The van der Waals surface area contributed by atoms with Gasteiger partial charge in [0.15, 0.2) is 0 Å². The van der Waals surface area contributed by atoms with E-state index in [1.54, 1.807) is 20.8 Å². The first-order valence-electron chi connectivity index (χ1n) is 9.90. The monoisotopic (exact) mass is 452 g/mol. The van der Waals surface area contributed by atoms with Crippen molar-refractivity contribution in [2.24, 2.45) is 11.8 Å². The van der Waals surface area contributed by atoms with E-state index >= 15 is 0 Å². The standard InChI is InChI=1S/C21H19F3N2O6/c1-4-30-18(29)31-13-8-19(2)14-15(20(13,3)32-19)17(28)26(16(14)27)11-6-5-10(9-25)12(7-11)21(22,23)24/h5-7,13-15H,4,8H2,1-3H3/t13-,14+,15?,19?,20?/m0/s1. The van der Waals surface area contributed by atoms with Crippen molar-refractivity contribution >= 4 is 23.7 Å². The maximum Gasteiger partial charge on any atom is 0.508 e. The molecule has 3 heterocycles. The Morgan fingerprint density at radius 3 is 2.53 bits per heavy atom. The van der Waals surface area contributed by atoms with Crippen molar-refractivity contribution in [1.29, 1.82) is 5.26 Å². The lowest BCUT2D eigenvalue weighted by atomic mass is 9.67. The van der Waals surface area contributed by atoms with Crippen molar-refractivity contribution in [3.8, 4) is 6.07 Å². The Labute approximate surface area is 180 Å². The summed E-state index contributed by atoms with van der Waals surface area (Å²) in [5, 5.41) is 8.99. The van der Waals surface area contributed by atoms with Gasteiger partial charge in [0, 0.05) is 6.42 Å². The molecule has 3 aliphatic rings. The topological polar surface area (TPSA) is 106 Å². The number of carbonyl (C=O) groups is 3. The summed E-state index contributed by atoms with van der Waals surface area (Å²) in [5.41, 5.74) is -4.65. The second kappa shape index (κ2) is 6.93. The highest BCUT2D eigenvalue weighted by Gasteiger charge is 2.77. The summed E-state index contributed by atoms with van der Waals surface area (Å²) in [6, 6.07) is 4.14. The van der Waals surface area contributed by atoms with E-state index in [0.29, 0.717) is 11.0 Å². The number of fused-ring (bicyclic) bond motifs is 5. The molecule has 3 unspecified atom stereocenters. The molecule has 3 fully saturated rings. The maximum absolute atomic E-state index is 13.4. The molecule has 0 aliphatic carbocycles. The molecule has 0 radical (unpaired) electrons. The van der Waals surface area contributed by atoms with Crippen LogP contribution in [-0.4, -0.2) is 41.9 Å². The van der Waals surface area contributed by atoms with E-state index in [1.165, 1.54) is 6.07 Å². The highest BCUT2D eigenvalue weighted by molar-refractivity contribution is 6.23. The number of anilines is 1. The molecule has 0 spiro atoms. The van der Waals surface area contributed by atoms with E-state index in [-0.39, 0.29) is 18.7 Å². The number of hydrogen-bond donors (Lipinski definition) is 0. The molecule has 1 aromatic rings. The first-order valence-corrected chi connectivity index (χ1v) is 9.90. The lowest BCUT2D eigenvalue weighted by molar-refractivity contribution is -0.138. The van der Waals surface area contributed by atoms with Gasteiger partial charge in [-0.25, -0.2) is 9.69 Å². The third kappa shape index (κ3) is 2.97. The zero-order chi connectivity index (χ0) is 23.6. The molecular formula is C21H19F3N2O6. The van der Waals surface area contributed by atoms with E-state index in [2.05, 4.69) is 0 Å². The Bertz CT molecular complexity index is 1070. The van der Waals surface area contributed by atoms with Gasteiger partial charge >= 0.3 is 12.3 Å². The Morgan fingerprint density at radius 2 is 1.94 bits per heavy atom. The smallest absolute Gasteiger partial charge is 0.435 e. The average Bonchev–Trinajstić information content (AvgIpc) is 3.21. The fourth-order valence-corrected chi connectivity index (χ4v) is 5.18. The van der Waals surface area contributed by atoms with E-state index in [4.69, 9.17) is 19.5 Å². The molecule has 2 amide bonds. The van der Waals surface area contributed by atoms with Crippen LogP contribution in [0.5, 0.6) is 0 Å². The second-order valence-corrected chi connectivity index (χ2v) is 8.40. The minimum absolute atomic E-state index is 0.0812. The molecule has 170 valence electrons. The van der Waals surface area contributed by atoms with E-state index in [0.717, 1.165) is 12.1 Å². The first-order chi connectivity index (χ1) is 14.9. The molecule has 1 aromatic carbocycles. The zero-order valence-electron chi connectivity index (χ0n) is 17.4. The quantitative estimate of drug-likeness (QED) is 0.512. The fourth-order valence-electron chi connectivity index (χ4n) is 5.18. The maximum atomic E-state index is 13.4. The molecule has 3 saturated heterocycles. The summed E-state index contributed by atoms with van der Waals surface area (Å²) in [5.74, 6) is -3.45. The number of imide groups is 1. The van der Waals surface area contributed by atoms with Crippen molar-refractivity contribution in [3.05, 3.63) is 29.3 Å². The van der Waals surface area contributed by atoms with Crippen LogP contribution in [0.2, 0.25) is 0 Å². The number of benzene rings is 1. The highest BCUT2D eigenvalue weighted by atomic mass is 19.4. The lowest BCUT2D eigenvalue weighted by Crippen LogP contribution is -2.50. The van der Waals surface area contributed by atoms with Crippen LogP contribution in [0, 0.1) is 23.2 Å². The van der Waals surface area contributed by atoms with E-state index in [9.17, 15) is 27.6 Å².